The molecule has 0 fully saturated rings. The lowest BCUT2D eigenvalue weighted by molar-refractivity contribution is -0.0634. The zero-order chi connectivity index (χ0) is 12.3. The molecule has 0 bridgehead atoms. The first-order valence-corrected chi connectivity index (χ1v) is 4.34. The number of carbonyl (C=O) groups is 1. The van der Waals surface area contributed by atoms with Gasteiger partial charge < -0.3 is 20.4 Å². The fourth-order valence-corrected chi connectivity index (χ4v) is 1.26. The molecule has 0 saturated carbocycles. The van der Waals surface area contributed by atoms with Gasteiger partial charge in [0, 0.05) is 16.7 Å². The molecule has 0 spiro atoms. The largest absolute Gasteiger partial charge is 0.364 e. The number of rotatable bonds is 3. The van der Waals surface area contributed by atoms with Crippen molar-refractivity contribution in [2.45, 2.75) is 12.6 Å². The Bertz CT molecular complexity index is 391. The van der Waals surface area contributed by atoms with E-state index in [0.29, 0.717) is 0 Å². The minimum Gasteiger partial charge on any atom is -0.364 e. The lowest BCUT2D eigenvalue weighted by Crippen LogP contribution is -2.30. The van der Waals surface area contributed by atoms with E-state index in [9.17, 15) is 4.79 Å². The number of nitrogens with two attached hydrogens (primary N) is 1. The molecule has 88 valence electrons. The van der Waals surface area contributed by atoms with Crippen LogP contribution in [0.15, 0.2) is 18.2 Å². The summed E-state index contributed by atoms with van der Waals surface area (Å²) in [4.78, 5) is 11.1. The minimum absolute atomic E-state index is 0.0787. The molecule has 0 aliphatic rings. The van der Waals surface area contributed by atoms with Crippen LogP contribution in [0.25, 0.3) is 0 Å². The molecule has 7 N–H and O–H groups in total. The van der Waals surface area contributed by atoms with Crippen LogP contribution in [0.2, 0.25) is 0 Å². The summed E-state index contributed by atoms with van der Waals surface area (Å²) in [7, 11) is 0. The molecular weight excluding hydrogens is 216 g/mol. The van der Waals surface area contributed by atoms with Crippen molar-refractivity contribution in [1.82, 2.24) is 5.43 Å². The Labute approximate surface area is 90.7 Å². The first kappa shape index (κ1) is 12.6. The average molecular weight is 228 g/mol. The highest BCUT2D eigenvalue weighted by molar-refractivity contribution is 5.94. The first-order valence-electron chi connectivity index (χ1n) is 4.34. The van der Waals surface area contributed by atoms with Gasteiger partial charge in [0.05, 0.1) is 0 Å². The number of nitrogens with one attached hydrogen (secondary N) is 1. The van der Waals surface area contributed by atoms with Gasteiger partial charge in [-0.05, 0) is 12.1 Å². The number of benzene rings is 1. The van der Waals surface area contributed by atoms with Crippen molar-refractivity contribution in [2.24, 2.45) is 5.84 Å². The molecule has 0 saturated heterocycles. The third kappa shape index (κ3) is 2.54. The van der Waals surface area contributed by atoms with Gasteiger partial charge in [-0.3, -0.25) is 10.2 Å². The van der Waals surface area contributed by atoms with Gasteiger partial charge in [0.25, 0.3) is 5.91 Å². The van der Waals surface area contributed by atoms with E-state index >= 15 is 0 Å². The van der Waals surface area contributed by atoms with E-state index < -0.39 is 18.5 Å². The molecule has 0 aromatic heterocycles. The molecule has 7 heteroatoms. The quantitative estimate of drug-likeness (QED) is 0.157. The summed E-state index contributed by atoms with van der Waals surface area (Å²) in [5, 5.41) is 35.9. The topological polar surface area (TPSA) is 136 Å². The summed E-state index contributed by atoms with van der Waals surface area (Å²) in [6, 6.07) is 3.59. The zero-order valence-electron chi connectivity index (χ0n) is 8.16. The summed E-state index contributed by atoms with van der Waals surface area (Å²) in [5.74, 6) is 4.28. The Hall–Kier alpha value is -1.51. The number of aliphatic hydroxyl groups excluding tert-OH is 2. The van der Waals surface area contributed by atoms with Crippen LogP contribution in [0.1, 0.15) is 34.1 Å². The van der Waals surface area contributed by atoms with Crippen molar-refractivity contribution in [3.8, 4) is 0 Å². The highest BCUT2D eigenvalue weighted by atomic mass is 16.5. The molecule has 0 aliphatic heterocycles. The second-order valence-corrected chi connectivity index (χ2v) is 3.06. The van der Waals surface area contributed by atoms with E-state index in [1.165, 1.54) is 12.1 Å². The predicted octanol–water partition coefficient (Wildman–Crippen LogP) is -1.74. The second-order valence-electron chi connectivity index (χ2n) is 3.06. The van der Waals surface area contributed by atoms with Crippen LogP contribution in [0.4, 0.5) is 0 Å². The van der Waals surface area contributed by atoms with Gasteiger partial charge in [-0.15, -0.1) is 0 Å². The maximum absolute atomic E-state index is 11.1. The number of nitrogen functional groups attached to an aromatic ring is 1. The van der Waals surface area contributed by atoms with Crippen molar-refractivity contribution in [3.63, 3.8) is 0 Å². The van der Waals surface area contributed by atoms with E-state index in [4.69, 9.17) is 26.3 Å². The Morgan fingerprint density at radius 3 is 2.12 bits per heavy atom. The Morgan fingerprint density at radius 1 is 1.12 bits per heavy atom. The van der Waals surface area contributed by atoms with Crippen molar-refractivity contribution in [2.75, 3.05) is 0 Å². The third-order valence-corrected chi connectivity index (χ3v) is 2.04. The minimum atomic E-state index is -1.91. The third-order valence-electron chi connectivity index (χ3n) is 2.04. The van der Waals surface area contributed by atoms with Crippen LogP contribution in [0.3, 0.4) is 0 Å². The average Bonchev–Trinajstić information content (AvgIpc) is 2.26. The smallest absolute Gasteiger partial charge is 0.265 e. The molecule has 1 aromatic carbocycles. The van der Waals surface area contributed by atoms with Gasteiger partial charge in [0.1, 0.15) is 0 Å². The number of hydrogen-bond donors (Lipinski definition) is 6. The van der Waals surface area contributed by atoms with Crippen LogP contribution >= 0.6 is 0 Å². The van der Waals surface area contributed by atoms with Crippen molar-refractivity contribution < 1.29 is 25.2 Å². The van der Waals surface area contributed by atoms with Crippen molar-refractivity contribution in [1.29, 1.82) is 0 Å². The molecular formula is C9H12N2O5. The summed E-state index contributed by atoms with van der Waals surface area (Å²) in [5.41, 5.74) is 1.68. The summed E-state index contributed by atoms with van der Waals surface area (Å²) >= 11 is 0. The lowest BCUT2D eigenvalue weighted by atomic mass is 10.0. The molecule has 0 radical (unpaired) electrons. The van der Waals surface area contributed by atoms with Crippen LogP contribution in [-0.4, -0.2) is 26.3 Å². The summed E-state index contributed by atoms with van der Waals surface area (Å²) < 4.78 is 0. The second kappa shape index (κ2) is 5.01. The monoisotopic (exact) mass is 228 g/mol. The van der Waals surface area contributed by atoms with Crippen LogP contribution in [0.5, 0.6) is 0 Å². The Kier molecular flexibility index (Phi) is 3.93. The van der Waals surface area contributed by atoms with Crippen LogP contribution in [0, 0.1) is 0 Å². The maximum atomic E-state index is 11.1. The molecule has 0 atom stereocenters. The van der Waals surface area contributed by atoms with Gasteiger partial charge >= 0.3 is 0 Å². The number of amides is 1. The number of aliphatic hydroxyl groups is 4. The van der Waals surface area contributed by atoms with E-state index in [1.807, 2.05) is 5.43 Å². The van der Waals surface area contributed by atoms with Crippen LogP contribution < -0.4 is 11.3 Å². The highest BCUT2D eigenvalue weighted by Crippen LogP contribution is 2.22. The number of hydrazine groups is 1. The van der Waals surface area contributed by atoms with E-state index in [2.05, 4.69) is 0 Å². The standard InChI is InChI=1S/C9H12N2O5/c10-11-7(12)4-1-2-5(8(13)14)6(3-4)9(15)16/h1-3,8-9,13-16H,10H2,(H,11,12). The molecule has 7 nitrogen and oxygen atoms in total. The molecule has 1 amide bonds. The molecule has 0 aliphatic carbocycles. The van der Waals surface area contributed by atoms with Gasteiger partial charge in [-0.25, -0.2) is 5.84 Å². The fourth-order valence-electron chi connectivity index (χ4n) is 1.26. The van der Waals surface area contributed by atoms with Crippen molar-refractivity contribution in [3.05, 3.63) is 34.9 Å². The van der Waals surface area contributed by atoms with Crippen molar-refractivity contribution >= 4 is 5.91 Å². The summed E-state index contributed by atoms with van der Waals surface area (Å²) in [6.07, 6.45) is -3.77. The first-order chi connectivity index (χ1) is 7.47. The summed E-state index contributed by atoms with van der Waals surface area (Å²) in [6.45, 7) is 0. The van der Waals surface area contributed by atoms with Gasteiger partial charge in [0.2, 0.25) is 0 Å². The number of carbonyl (C=O) groups excluding carboxylic acids is 1. The normalized spacial score (nSPS) is 10.9. The molecule has 0 heterocycles. The van der Waals surface area contributed by atoms with E-state index in [0.717, 1.165) is 6.07 Å². The fraction of sp³-hybridized carbons (Fsp3) is 0.222. The SMILES string of the molecule is NNC(=O)c1ccc(C(O)O)c(C(O)O)c1. The zero-order valence-corrected chi connectivity index (χ0v) is 8.16. The van der Waals surface area contributed by atoms with E-state index in [1.54, 1.807) is 0 Å². The molecule has 1 rings (SSSR count). The van der Waals surface area contributed by atoms with Gasteiger partial charge in [-0.1, -0.05) is 6.07 Å². The van der Waals surface area contributed by atoms with E-state index in [-0.39, 0.29) is 16.7 Å². The number of hydrogen-bond acceptors (Lipinski definition) is 6. The van der Waals surface area contributed by atoms with Gasteiger partial charge in [-0.2, -0.15) is 0 Å². The lowest BCUT2D eigenvalue weighted by Gasteiger charge is -2.13. The Morgan fingerprint density at radius 2 is 1.69 bits per heavy atom. The molecule has 0 unspecified atom stereocenters. The van der Waals surface area contributed by atoms with Crippen LogP contribution in [-0.2, 0) is 0 Å². The molecule has 16 heavy (non-hydrogen) atoms. The highest BCUT2D eigenvalue weighted by Gasteiger charge is 2.17. The Balaban J connectivity index is 3.22. The molecule has 1 aromatic rings. The predicted molar refractivity (Wildman–Crippen MR) is 52.5 cm³/mol. The maximum Gasteiger partial charge on any atom is 0.265 e. The van der Waals surface area contributed by atoms with Gasteiger partial charge in [0.15, 0.2) is 12.6 Å².